The van der Waals surface area contributed by atoms with E-state index in [0.29, 0.717) is 24.9 Å². The molecule has 10 heteroatoms. The summed E-state index contributed by atoms with van der Waals surface area (Å²) in [6.45, 7) is 3.18. The lowest BCUT2D eigenvalue weighted by molar-refractivity contribution is -0.143. The van der Waals surface area contributed by atoms with Crippen LogP contribution in [0, 0.1) is 5.82 Å². The van der Waals surface area contributed by atoms with Crippen LogP contribution in [-0.2, 0) is 28.6 Å². The predicted molar refractivity (Wildman–Crippen MR) is 115 cm³/mol. The van der Waals surface area contributed by atoms with Crippen molar-refractivity contribution >= 4 is 17.6 Å². The number of benzene rings is 2. The molecule has 33 heavy (non-hydrogen) atoms. The Kier molecular flexibility index (Phi) is 9.22. The molecule has 0 aromatic heterocycles. The van der Waals surface area contributed by atoms with Crippen molar-refractivity contribution in [1.82, 2.24) is 5.32 Å². The molecule has 1 aliphatic heterocycles. The SMILES string of the molecule is C[C@H](Nc1c(C(F)(F)F)ccc2c1CCNCC2)c1ccc(F)cc1.O=C(O)CCC(=O)O. The number of anilines is 1. The number of fused-ring (bicyclic) bond motifs is 1. The van der Waals surface area contributed by atoms with Gasteiger partial charge in [-0.15, -0.1) is 0 Å². The summed E-state index contributed by atoms with van der Waals surface area (Å²) in [5.41, 5.74) is 1.88. The molecule has 0 amide bonds. The van der Waals surface area contributed by atoms with E-state index in [2.05, 4.69) is 10.6 Å². The zero-order valence-electron chi connectivity index (χ0n) is 18.0. The Balaban J connectivity index is 0.000000414. The fraction of sp³-hybridized carbons (Fsp3) is 0.391. The van der Waals surface area contributed by atoms with Crippen LogP contribution in [0.1, 0.15) is 48.1 Å². The average molecular weight is 470 g/mol. The minimum atomic E-state index is -4.43. The minimum Gasteiger partial charge on any atom is -0.481 e. The largest absolute Gasteiger partial charge is 0.481 e. The van der Waals surface area contributed by atoms with Gasteiger partial charge in [-0.3, -0.25) is 9.59 Å². The topological polar surface area (TPSA) is 98.7 Å². The molecule has 0 saturated heterocycles. The summed E-state index contributed by atoms with van der Waals surface area (Å²) in [6, 6.07) is 8.17. The van der Waals surface area contributed by atoms with Crippen LogP contribution in [0.5, 0.6) is 0 Å². The smallest absolute Gasteiger partial charge is 0.418 e. The summed E-state index contributed by atoms with van der Waals surface area (Å²) in [7, 11) is 0. The van der Waals surface area contributed by atoms with Crippen molar-refractivity contribution in [3.8, 4) is 0 Å². The lowest BCUT2D eigenvalue weighted by Gasteiger charge is -2.24. The molecule has 2 aromatic rings. The second-order valence-electron chi connectivity index (χ2n) is 7.58. The molecule has 180 valence electrons. The molecular weight excluding hydrogens is 444 g/mol. The van der Waals surface area contributed by atoms with Gasteiger partial charge in [0.15, 0.2) is 0 Å². The normalized spacial score (nSPS) is 14.2. The van der Waals surface area contributed by atoms with Gasteiger partial charge >= 0.3 is 18.1 Å². The van der Waals surface area contributed by atoms with Gasteiger partial charge in [0, 0.05) is 6.04 Å². The molecule has 1 aliphatic rings. The van der Waals surface area contributed by atoms with Gasteiger partial charge in [0.2, 0.25) is 0 Å². The zero-order chi connectivity index (χ0) is 24.6. The summed E-state index contributed by atoms with van der Waals surface area (Å²) in [5.74, 6) is -2.52. The van der Waals surface area contributed by atoms with Gasteiger partial charge in [-0.05, 0) is 67.7 Å². The van der Waals surface area contributed by atoms with Crippen molar-refractivity contribution in [3.05, 3.63) is 64.5 Å². The van der Waals surface area contributed by atoms with Gasteiger partial charge in [0.05, 0.1) is 24.1 Å². The third-order valence-corrected chi connectivity index (χ3v) is 5.12. The third kappa shape index (κ3) is 8.05. The van der Waals surface area contributed by atoms with Crippen LogP contribution in [0.3, 0.4) is 0 Å². The number of aliphatic carboxylic acids is 2. The van der Waals surface area contributed by atoms with Crippen molar-refractivity contribution in [2.24, 2.45) is 0 Å². The van der Waals surface area contributed by atoms with Crippen LogP contribution in [0.2, 0.25) is 0 Å². The van der Waals surface area contributed by atoms with Crippen LogP contribution in [-0.4, -0.2) is 35.2 Å². The number of carboxylic acid groups (broad SMARTS) is 2. The average Bonchev–Trinajstić information content (AvgIpc) is 2.98. The van der Waals surface area contributed by atoms with Crippen LogP contribution in [0.25, 0.3) is 0 Å². The van der Waals surface area contributed by atoms with E-state index < -0.39 is 23.7 Å². The van der Waals surface area contributed by atoms with Crippen molar-refractivity contribution < 1.29 is 37.4 Å². The van der Waals surface area contributed by atoms with Gasteiger partial charge in [-0.2, -0.15) is 13.2 Å². The van der Waals surface area contributed by atoms with Crippen LogP contribution in [0.4, 0.5) is 23.2 Å². The molecule has 6 nitrogen and oxygen atoms in total. The first-order valence-electron chi connectivity index (χ1n) is 10.4. The maximum Gasteiger partial charge on any atom is 0.418 e. The highest BCUT2D eigenvalue weighted by atomic mass is 19.4. The summed E-state index contributed by atoms with van der Waals surface area (Å²) >= 11 is 0. The second-order valence-corrected chi connectivity index (χ2v) is 7.58. The lowest BCUT2D eigenvalue weighted by atomic mass is 9.95. The molecule has 0 radical (unpaired) electrons. The van der Waals surface area contributed by atoms with E-state index in [9.17, 15) is 27.2 Å². The molecule has 0 spiro atoms. The maximum absolute atomic E-state index is 13.5. The van der Waals surface area contributed by atoms with E-state index in [1.807, 2.05) is 0 Å². The quantitative estimate of drug-likeness (QED) is 0.459. The molecule has 0 bridgehead atoms. The molecule has 0 aliphatic carbocycles. The molecule has 4 N–H and O–H groups in total. The number of halogens is 4. The first-order valence-corrected chi connectivity index (χ1v) is 10.4. The van der Waals surface area contributed by atoms with Gasteiger partial charge in [0.1, 0.15) is 5.82 Å². The number of alkyl halides is 3. The van der Waals surface area contributed by atoms with E-state index in [0.717, 1.165) is 23.7 Å². The standard InChI is InChI=1S/C19H20F4N2.C4H6O4/c1-12(13-2-5-15(20)6-3-13)25-18-16-9-11-24-10-8-14(16)4-7-17(18)19(21,22)23;5-3(6)1-2-4(7)8/h2-7,12,24-25H,8-11H2,1H3;1-2H2,(H,5,6)(H,7,8)/t12-;/m0./s1. The Bertz CT molecular complexity index is 948. The molecule has 0 saturated carbocycles. The van der Waals surface area contributed by atoms with E-state index in [1.165, 1.54) is 12.1 Å². The monoisotopic (exact) mass is 470 g/mol. The number of rotatable bonds is 6. The highest BCUT2D eigenvalue weighted by Crippen LogP contribution is 2.40. The summed E-state index contributed by atoms with van der Waals surface area (Å²) in [6.07, 6.45) is -3.78. The molecule has 0 fully saturated rings. The Labute approximate surface area is 188 Å². The Morgan fingerprint density at radius 3 is 2.12 bits per heavy atom. The minimum absolute atomic E-state index is 0.144. The summed E-state index contributed by atoms with van der Waals surface area (Å²) in [4.78, 5) is 19.3. The molecule has 1 heterocycles. The van der Waals surface area contributed by atoms with Crippen molar-refractivity contribution in [1.29, 1.82) is 0 Å². The van der Waals surface area contributed by atoms with E-state index in [1.54, 1.807) is 25.1 Å². The van der Waals surface area contributed by atoms with Crippen LogP contribution >= 0.6 is 0 Å². The van der Waals surface area contributed by atoms with E-state index in [-0.39, 0.29) is 30.4 Å². The highest BCUT2D eigenvalue weighted by molar-refractivity contribution is 5.75. The number of carboxylic acids is 2. The Hall–Kier alpha value is -3.14. The summed E-state index contributed by atoms with van der Waals surface area (Å²) in [5, 5.41) is 22.1. The second kappa shape index (κ2) is 11.6. The summed E-state index contributed by atoms with van der Waals surface area (Å²) < 4.78 is 53.7. The maximum atomic E-state index is 13.5. The molecule has 2 aromatic carbocycles. The fourth-order valence-electron chi connectivity index (χ4n) is 3.44. The van der Waals surface area contributed by atoms with Gasteiger partial charge < -0.3 is 20.8 Å². The number of nitrogens with one attached hydrogen (secondary N) is 2. The third-order valence-electron chi connectivity index (χ3n) is 5.12. The van der Waals surface area contributed by atoms with Crippen LogP contribution < -0.4 is 10.6 Å². The molecular formula is C23H26F4N2O4. The van der Waals surface area contributed by atoms with E-state index in [4.69, 9.17) is 10.2 Å². The van der Waals surface area contributed by atoms with Crippen molar-refractivity contribution in [2.45, 2.75) is 44.8 Å². The lowest BCUT2D eigenvalue weighted by Crippen LogP contribution is -2.18. The zero-order valence-corrected chi connectivity index (χ0v) is 18.0. The van der Waals surface area contributed by atoms with Crippen molar-refractivity contribution in [3.63, 3.8) is 0 Å². The van der Waals surface area contributed by atoms with Crippen molar-refractivity contribution in [2.75, 3.05) is 18.4 Å². The molecule has 1 atom stereocenters. The number of hydrogen-bond acceptors (Lipinski definition) is 4. The van der Waals surface area contributed by atoms with Gasteiger partial charge in [-0.25, -0.2) is 4.39 Å². The van der Waals surface area contributed by atoms with Crippen LogP contribution in [0.15, 0.2) is 36.4 Å². The first-order chi connectivity index (χ1) is 15.5. The highest BCUT2D eigenvalue weighted by Gasteiger charge is 2.35. The van der Waals surface area contributed by atoms with Gasteiger partial charge in [-0.1, -0.05) is 18.2 Å². The number of hydrogen-bond donors (Lipinski definition) is 4. The Morgan fingerprint density at radius 2 is 1.58 bits per heavy atom. The van der Waals surface area contributed by atoms with Gasteiger partial charge in [0.25, 0.3) is 0 Å². The van der Waals surface area contributed by atoms with E-state index >= 15 is 0 Å². The molecule has 0 unspecified atom stereocenters. The molecule has 3 rings (SSSR count). The fourth-order valence-corrected chi connectivity index (χ4v) is 3.44. The number of carbonyl (C=O) groups is 2. The predicted octanol–water partition coefficient (Wildman–Crippen LogP) is 4.64. The Morgan fingerprint density at radius 1 is 1.00 bits per heavy atom. The first kappa shape index (κ1) is 26.1.